The maximum absolute atomic E-state index is 10.8. The van der Waals surface area contributed by atoms with Gasteiger partial charge in [0, 0.05) is 6.92 Å². The van der Waals surface area contributed by atoms with Crippen LogP contribution in [0.2, 0.25) is 0 Å². The van der Waals surface area contributed by atoms with Crippen molar-refractivity contribution in [3.63, 3.8) is 0 Å². The zero-order valence-corrected chi connectivity index (χ0v) is 10.3. The molecule has 0 fully saturated rings. The van der Waals surface area contributed by atoms with Crippen LogP contribution in [0.15, 0.2) is 48.5 Å². The average molecular weight is 257 g/mol. The van der Waals surface area contributed by atoms with Gasteiger partial charge in [0.1, 0.15) is 11.5 Å². The first kappa shape index (κ1) is 13.1. The highest BCUT2D eigenvalue weighted by molar-refractivity contribution is 5.69. The number of phenols is 1. The van der Waals surface area contributed by atoms with E-state index < -0.39 is 5.97 Å². The molecule has 0 atom stereocenters. The number of hydrogen-bond acceptors (Lipinski definition) is 4. The third kappa shape index (κ3) is 3.33. The largest absolute Gasteiger partial charge is 0.508 e. The van der Waals surface area contributed by atoms with E-state index in [1.807, 2.05) is 0 Å². The SMILES string of the molecule is CC(=O)Oc1ccc([C](O)c2cccc(O)c2)cc1. The fourth-order valence-corrected chi connectivity index (χ4v) is 1.67. The van der Waals surface area contributed by atoms with E-state index in [9.17, 15) is 15.0 Å². The summed E-state index contributed by atoms with van der Waals surface area (Å²) in [7, 11) is 0. The van der Waals surface area contributed by atoms with Crippen LogP contribution < -0.4 is 4.74 Å². The van der Waals surface area contributed by atoms with Crippen molar-refractivity contribution < 1.29 is 19.7 Å². The molecule has 4 heteroatoms. The molecule has 0 aliphatic rings. The minimum Gasteiger partial charge on any atom is -0.508 e. The molecule has 2 rings (SSSR count). The smallest absolute Gasteiger partial charge is 0.308 e. The Bertz CT molecular complexity index is 575. The van der Waals surface area contributed by atoms with Crippen molar-refractivity contribution in [3.05, 3.63) is 65.8 Å². The van der Waals surface area contributed by atoms with Gasteiger partial charge in [0.2, 0.25) is 0 Å². The molecule has 0 aliphatic heterocycles. The van der Waals surface area contributed by atoms with Gasteiger partial charge in [-0.05, 0) is 35.4 Å². The quantitative estimate of drug-likeness (QED) is 0.655. The number of carbonyl (C=O) groups is 1. The number of phenolic OH excluding ortho intramolecular Hbond substituents is 1. The number of benzene rings is 2. The van der Waals surface area contributed by atoms with Crippen molar-refractivity contribution in [2.24, 2.45) is 0 Å². The van der Waals surface area contributed by atoms with Crippen LogP contribution in [-0.4, -0.2) is 16.2 Å². The second-order valence-corrected chi connectivity index (χ2v) is 4.02. The first-order valence-electron chi connectivity index (χ1n) is 5.70. The van der Waals surface area contributed by atoms with E-state index in [4.69, 9.17) is 4.74 Å². The van der Waals surface area contributed by atoms with Gasteiger partial charge in [-0.3, -0.25) is 4.79 Å². The predicted molar refractivity (Wildman–Crippen MR) is 69.2 cm³/mol. The lowest BCUT2D eigenvalue weighted by molar-refractivity contribution is -0.131. The maximum Gasteiger partial charge on any atom is 0.308 e. The van der Waals surface area contributed by atoms with Crippen LogP contribution in [0.4, 0.5) is 0 Å². The molecule has 2 aromatic carbocycles. The molecule has 97 valence electrons. The van der Waals surface area contributed by atoms with Crippen molar-refractivity contribution >= 4 is 5.97 Å². The first-order valence-corrected chi connectivity index (χ1v) is 5.70. The molecule has 0 bridgehead atoms. The van der Waals surface area contributed by atoms with Gasteiger partial charge in [-0.25, -0.2) is 0 Å². The lowest BCUT2D eigenvalue weighted by Gasteiger charge is -2.11. The molecular formula is C15H13O4. The zero-order chi connectivity index (χ0) is 13.8. The second-order valence-electron chi connectivity index (χ2n) is 4.02. The minimum atomic E-state index is -0.395. The van der Waals surface area contributed by atoms with Crippen LogP contribution >= 0.6 is 0 Å². The average Bonchev–Trinajstić information content (AvgIpc) is 2.38. The first-order chi connectivity index (χ1) is 9.06. The Morgan fingerprint density at radius 3 is 2.32 bits per heavy atom. The van der Waals surface area contributed by atoms with E-state index in [-0.39, 0.29) is 11.9 Å². The van der Waals surface area contributed by atoms with Gasteiger partial charge >= 0.3 is 5.97 Å². The molecular weight excluding hydrogens is 244 g/mol. The summed E-state index contributed by atoms with van der Waals surface area (Å²) in [4.78, 5) is 10.8. The van der Waals surface area contributed by atoms with Crippen LogP contribution in [0.3, 0.4) is 0 Å². The zero-order valence-electron chi connectivity index (χ0n) is 10.3. The Kier molecular flexibility index (Phi) is 3.82. The molecule has 0 aromatic heterocycles. The van der Waals surface area contributed by atoms with Crippen LogP contribution in [0.25, 0.3) is 0 Å². The molecule has 0 amide bonds. The van der Waals surface area contributed by atoms with Gasteiger partial charge in [-0.15, -0.1) is 0 Å². The summed E-state index contributed by atoms with van der Waals surface area (Å²) in [6.45, 7) is 1.32. The van der Waals surface area contributed by atoms with Crippen LogP contribution in [0.5, 0.6) is 11.5 Å². The number of ether oxygens (including phenoxy) is 1. The van der Waals surface area contributed by atoms with E-state index in [1.54, 1.807) is 36.4 Å². The molecule has 0 saturated heterocycles. The fraction of sp³-hybridized carbons (Fsp3) is 0.0667. The maximum atomic E-state index is 10.8. The number of aromatic hydroxyl groups is 1. The summed E-state index contributed by atoms with van der Waals surface area (Å²) in [5.74, 6) is 0.106. The van der Waals surface area contributed by atoms with Gasteiger partial charge < -0.3 is 14.9 Å². The molecule has 1 radical (unpaired) electrons. The van der Waals surface area contributed by atoms with Gasteiger partial charge in [-0.2, -0.15) is 0 Å². The lowest BCUT2D eigenvalue weighted by Crippen LogP contribution is -2.03. The second kappa shape index (κ2) is 5.54. The van der Waals surface area contributed by atoms with Crippen LogP contribution in [0, 0.1) is 6.10 Å². The van der Waals surface area contributed by atoms with Crippen molar-refractivity contribution in [2.45, 2.75) is 6.92 Å². The Balaban J connectivity index is 2.20. The van der Waals surface area contributed by atoms with E-state index in [1.165, 1.54) is 19.1 Å². The highest BCUT2D eigenvalue weighted by atomic mass is 16.5. The summed E-state index contributed by atoms with van der Waals surface area (Å²) in [5.41, 5.74) is 1.08. The Morgan fingerprint density at radius 1 is 1.05 bits per heavy atom. The molecule has 0 spiro atoms. The summed E-state index contributed by atoms with van der Waals surface area (Å²) < 4.78 is 4.90. The van der Waals surface area contributed by atoms with Gasteiger partial charge in [-0.1, -0.05) is 24.3 Å². The summed E-state index contributed by atoms with van der Waals surface area (Å²) >= 11 is 0. The third-order valence-corrected chi connectivity index (χ3v) is 2.51. The van der Waals surface area contributed by atoms with Gasteiger partial charge in [0.25, 0.3) is 0 Å². The molecule has 0 aliphatic carbocycles. The predicted octanol–water partition coefficient (Wildman–Crippen LogP) is 2.62. The van der Waals surface area contributed by atoms with Crippen molar-refractivity contribution in [1.29, 1.82) is 0 Å². The topological polar surface area (TPSA) is 66.8 Å². The normalized spacial score (nSPS) is 10.5. The Hall–Kier alpha value is -2.33. The minimum absolute atomic E-state index is 0.0466. The molecule has 0 saturated carbocycles. The summed E-state index contributed by atoms with van der Waals surface area (Å²) in [6.07, 6.45) is 0.0466. The standard InChI is InChI=1S/C15H13O4/c1-10(16)19-14-7-5-11(6-8-14)15(18)12-3-2-4-13(17)9-12/h2-9,17-18H,1H3. The summed E-state index contributed by atoms with van der Waals surface area (Å²) in [6, 6.07) is 12.8. The fourth-order valence-electron chi connectivity index (χ4n) is 1.67. The monoisotopic (exact) mass is 257 g/mol. The molecule has 19 heavy (non-hydrogen) atoms. The molecule has 2 aromatic rings. The number of esters is 1. The van der Waals surface area contributed by atoms with E-state index >= 15 is 0 Å². The highest BCUT2D eigenvalue weighted by Gasteiger charge is 2.12. The highest BCUT2D eigenvalue weighted by Crippen LogP contribution is 2.25. The van der Waals surface area contributed by atoms with Gasteiger partial charge in [0.15, 0.2) is 6.10 Å². The Morgan fingerprint density at radius 2 is 1.74 bits per heavy atom. The number of hydrogen-bond donors (Lipinski definition) is 2. The van der Waals surface area contributed by atoms with Crippen LogP contribution in [0.1, 0.15) is 18.1 Å². The lowest BCUT2D eigenvalue weighted by atomic mass is 10.0. The van der Waals surface area contributed by atoms with E-state index in [0.29, 0.717) is 16.9 Å². The third-order valence-electron chi connectivity index (χ3n) is 2.51. The van der Waals surface area contributed by atoms with Gasteiger partial charge in [0.05, 0.1) is 0 Å². The number of carbonyl (C=O) groups excluding carboxylic acids is 1. The van der Waals surface area contributed by atoms with Crippen molar-refractivity contribution in [1.82, 2.24) is 0 Å². The molecule has 2 N–H and O–H groups in total. The number of rotatable bonds is 3. The van der Waals surface area contributed by atoms with Crippen molar-refractivity contribution in [3.8, 4) is 11.5 Å². The van der Waals surface area contributed by atoms with Crippen LogP contribution in [-0.2, 0) is 4.79 Å². The molecule has 0 unspecified atom stereocenters. The number of aliphatic hydroxyl groups is 1. The molecule has 4 nitrogen and oxygen atoms in total. The summed E-state index contributed by atoms with van der Waals surface area (Å²) in [5, 5.41) is 19.5. The number of aliphatic hydroxyl groups excluding tert-OH is 1. The van der Waals surface area contributed by atoms with Crippen molar-refractivity contribution in [2.75, 3.05) is 0 Å². The van der Waals surface area contributed by atoms with E-state index in [2.05, 4.69) is 0 Å². The van der Waals surface area contributed by atoms with E-state index in [0.717, 1.165) is 0 Å². The molecule has 0 heterocycles. The Labute approximate surface area is 110 Å².